The molecule has 128 valence electrons. The van der Waals surface area contributed by atoms with Crippen molar-refractivity contribution in [1.82, 2.24) is 9.47 Å². The number of nitrogens with zero attached hydrogens (tertiary/aromatic N) is 2. The fraction of sp³-hybridized carbons (Fsp3) is 0.722. The van der Waals surface area contributed by atoms with E-state index < -0.39 is 0 Å². The van der Waals surface area contributed by atoms with E-state index in [1.165, 1.54) is 25.0 Å². The van der Waals surface area contributed by atoms with Gasteiger partial charge in [0.2, 0.25) is 0 Å². The standard InChI is InChI=1S/C18H28N2O2S/c1-2-3-7-23-13-16(21)12-19-9-14-8-15(11-19)17-5-4-6-18(22)20(17)10-14/h4-6,14-16,21H,2-3,7-13H2,1H3/t14-,15+,16+/m1/s1. The second-order valence-corrected chi connectivity index (χ2v) is 8.15. The summed E-state index contributed by atoms with van der Waals surface area (Å²) in [5.41, 5.74) is 1.32. The van der Waals surface area contributed by atoms with Gasteiger partial charge in [0.05, 0.1) is 6.10 Å². The average Bonchev–Trinajstić information content (AvgIpc) is 2.53. The molecule has 5 heteroatoms. The molecule has 0 aliphatic carbocycles. The normalized spacial score (nSPS) is 25.1. The summed E-state index contributed by atoms with van der Waals surface area (Å²) in [5, 5.41) is 10.3. The van der Waals surface area contributed by atoms with Gasteiger partial charge in [-0.05, 0) is 30.6 Å². The Morgan fingerprint density at radius 2 is 2.22 bits per heavy atom. The number of hydrogen-bond donors (Lipinski definition) is 1. The van der Waals surface area contributed by atoms with Crippen molar-refractivity contribution in [2.45, 2.75) is 44.8 Å². The van der Waals surface area contributed by atoms with Gasteiger partial charge in [0.25, 0.3) is 5.56 Å². The zero-order chi connectivity index (χ0) is 16.2. The van der Waals surface area contributed by atoms with Gasteiger partial charge in [0, 0.05) is 49.6 Å². The lowest BCUT2D eigenvalue weighted by Gasteiger charge is -2.43. The summed E-state index contributed by atoms with van der Waals surface area (Å²) in [5.74, 6) is 2.97. The Hall–Kier alpha value is -0.780. The highest BCUT2D eigenvalue weighted by atomic mass is 32.2. The molecule has 0 unspecified atom stereocenters. The summed E-state index contributed by atoms with van der Waals surface area (Å²) < 4.78 is 1.97. The van der Waals surface area contributed by atoms with Gasteiger partial charge in [-0.2, -0.15) is 11.8 Å². The van der Waals surface area contributed by atoms with Crippen LogP contribution in [-0.4, -0.2) is 51.8 Å². The predicted octanol–water partition coefficient (Wildman–Crippen LogP) is 2.16. The molecule has 3 atom stereocenters. The minimum Gasteiger partial charge on any atom is -0.391 e. The summed E-state index contributed by atoms with van der Waals surface area (Å²) >= 11 is 1.86. The summed E-state index contributed by atoms with van der Waals surface area (Å²) in [6.07, 6.45) is 3.39. The molecule has 1 saturated heterocycles. The van der Waals surface area contributed by atoms with Gasteiger partial charge in [-0.25, -0.2) is 0 Å². The van der Waals surface area contributed by atoms with Crippen molar-refractivity contribution in [2.75, 3.05) is 31.1 Å². The number of piperidine rings is 1. The van der Waals surface area contributed by atoms with E-state index in [0.717, 1.165) is 37.7 Å². The van der Waals surface area contributed by atoms with Crippen LogP contribution in [0, 0.1) is 5.92 Å². The number of aliphatic hydroxyl groups is 1. The zero-order valence-electron chi connectivity index (χ0n) is 14.0. The van der Waals surface area contributed by atoms with Gasteiger partial charge in [-0.3, -0.25) is 9.69 Å². The zero-order valence-corrected chi connectivity index (χ0v) is 14.8. The van der Waals surface area contributed by atoms with Gasteiger partial charge in [-0.1, -0.05) is 19.4 Å². The van der Waals surface area contributed by atoms with Crippen LogP contribution in [0.5, 0.6) is 0 Å². The monoisotopic (exact) mass is 336 g/mol. The number of thioether (sulfide) groups is 1. The number of aromatic nitrogens is 1. The Kier molecular flexibility index (Phi) is 5.83. The molecular weight excluding hydrogens is 308 g/mol. The Bertz CT molecular complexity index is 574. The number of aliphatic hydroxyl groups excluding tert-OH is 1. The minimum absolute atomic E-state index is 0.137. The summed E-state index contributed by atoms with van der Waals surface area (Å²) in [7, 11) is 0. The summed E-state index contributed by atoms with van der Waals surface area (Å²) in [6, 6.07) is 5.65. The van der Waals surface area contributed by atoms with Crippen LogP contribution < -0.4 is 5.56 Å². The number of pyridine rings is 1. The fourth-order valence-corrected chi connectivity index (χ4v) is 5.00. The van der Waals surface area contributed by atoms with E-state index >= 15 is 0 Å². The molecule has 1 aromatic heterocycles. The van der Waals surface area contributed by atoms with Gasteiger partial charge in [0.1, 0.15) is 0 Å². The highest BCUT2D eigenvalue weighted by Gasteiger charge is 2.34. The van der Waals surface area contributed by atoms with Gasteiger partial charge in [-0.15, -0.1) is 0 Å². The van der Waals surface area contributed by atoms with Crippen LogP contribution in [0.25, 0.3) is 0 Å². The van der Waals surface area contributed by atoms with Crippen molar-refractivity contribution in [1.29, 1.82) is 0 Å². The molecule has 2 aliphatic heterocycles. The second-order valence-electron chi connectivity index (χ2n) is 7.00. The predicted molar refractivity (Wildman–Crippen MR) is 96.2 cm³/mol. The van der Waals surface area contributed by atoms with Gasteiger partial charge < -0.3 is 9.67 Å². The molecule has 0 spiro atoms. The quantitative estimate of drug-likeness (QED) is 0.775. The van der Waals surface area contributed by atoms with Crippen molar-refractivity contribution in [2.24, 2.45) is 5.92 Å². The maximum absolute atomic E-state index is 12.0. The molecule has 2 aliphatic rings. The molecule has 1 N–H and O–H groups in total. The lowest BCUT2D eigenvalue weighted by molar-refractivity contribution is 0.0717. The van der Waals surface area contributed by atoms with Crippen LogP contribution in [0.2, 0.25) is 0 Å². The van der Waals surface area contributed by atoms with E-state index in [9.17, 15) is 9.90 Å². The third-order valence-corrected chi connectivity index (χ3v) is 6.17. The molecule has 1 fully saturated rings. The van der Waals surface area contributed by atoms with E-state index in [1.807, 2.05) is 22.4 Å². The van der Waals surface area contributed by atoms with Crippen molar-refractivity contribution in [3.8, 4) is 0 Å². The minimum atomic E-state index is -0.242. The van der Waals surface area contributed by atoms with Gasteiger partial charge in [0.15, 0.2) is 0 Å². The maximum atomic E-state index is 12.0. The molecule has 3 rings (SSSR count). The van der Waals surface area contributed by atoms with E-state index in [2.05, 4.69) is 17.9 Å². The van der Waals surface area contributed by atoms with Crippen LogP contribution in [0.15, 0.2) is 23.0 Å². The second kappa shape index (κ2) is 7.86. The Morgan fingerprint density at radius 3 is 3.04 bits per heavy atom. The number of hydrogen-bond acceptors (Lipinski definition) is 4. The number of likely N-dealkylation sites (tertiary alicyclic amines) is 1. The van der Waals surface area contributed by atoms with E-state index in [4.69, 9.17) is 0 Å². The van der Waals surface area contributed by atoms with Crippen molar-refractivity contribution < 1.29 is 5.11 Å². The van der Waals surface area contributed by atoms with Crippen LogP contribution in [0.3, 0.4) is 0 Å². The van der Waals surface area contributed by atoms with E-state index in [0.29, 0.717) is 11.8 Å². The first-order valence-corrected chi connectivity index (χ1v) is 10.0. The largest absolute Gasteiger partial charge is 0.391 e. The maximum Gasteiger partial charge on any atom is 0.250 e. The van der Waals surface area contributed by atoms with Crippen LogP contribution in [0.4, 0.5) is 0 Å². The van der Waals surface area contributed by atoms with Crippen molar-refractivity contribution in [3.63, 3.8) is 0 Å². The molecule has 0 saturated carbocycles. The highest BCUT2D eigenvalue weighted by Crippen LogP contribution is 2.34. The molecule has 1 aromatic rings. The summed E-state index contributed by atoms with van der Waals surface area (Å²) in [4.78, 5) is 14.4. The smallest absolute Gasteiger partial charge is 0.250 e. The third kappa shape index (κ3) is 4.20. The first kappa shape index (κ1) is 17.1. The van der Waals surface area contributed by atoms with Crippen LogP contribution in [-0.2, 0) is 6.54 Å². The lowest BCUT2D eigenvalue weighted by atomic mass is 9.83. The Morgan fingerprint density at radius 1 is 1.35 bits per heavy atom. The number of unbranched alkanes of at least 4 members (excludes halogenated alkanes) is 1. The number of fused-ring (bicyclic) bond motifs is 4. The fourth-order valence-electron chi connectivity index (χ4n) is 3.96. The summed E-state index contributed by atoms with van der Waals surface area (Å²) in [6.45, 7) is 5.78. The van der Waals surface area contributed by atoms with Crippen LogP contribution >= 0.6 is 11.8 Å². The molecule has 2 bridgehead atoms. The third-order valence-electron chi connectivity index (χ3n) is 4.98. The number of β-amino-alcohol motifs (C(OH)–C–C–N with tert-alkyl or cyclic N) is 1. The van der Waals surface area contributed by atoms with Gasteiger partial charge >= 0.3 is 0 Å². The first-order chi connectivity index (χ1) is 11.2. The Labute approximate surface area is 142 Å². The SMILES string of the molecule is CCCCSC[C@@H](O)CN1C[C@H]2C[C@@H](C1)c1cccc(=O)n1C2. The molecule has 23 heavy (non-hydrogen) atoms. The Balaban J connectivity index is 1.56. The molecule has 0 radical (unpaired) electrons. The molecule has 0 amide bonds. The molecule has 4 nitrogen and oxygen atoms in total. The highest BCUT2D eigenvalue weighted by molar-refractivity contribution is 7.99. The topological polar surface area (TPSA) is 45.5 Å². The molecular formula is C18H28N2O2S. The van der Waals surface area contributed by atoms with E-state index in [-0.39, 0.29) is 11.7 Å². The van der Waals surface area contributed by atoms with Crippen LogP contribution in [0.1, 0.15) is 37.8 Å². The van der Waals surface area contributed by atoms with E-state index in [1.54, 1.807) is 6.07 Å². The molecule has 0 aromatic carbocycles. The van der Waals surface area contributed by atoms with Crippen molar-refractivity contribution >= 4 is 11.8 Å². The average molecular weight is 337 g/mol. The van der Waals surface area contributed by atoms with Crippen molar-refractivity contribution in [3.05, 3.63) is 34.2 Å². The first-order valence-electron chi connectivity index (χ1n) is 8.85. The lowest BCUT2D eigenvalue weighted by Crippen LogP contribution is -2.49. The number of rotatable bonds is 7. The molecule has 3 heterocycles.